The largest absolute Gasteiger partial charge is 0.573 e. The Hall–Kier alpha value is -3.47. The highest BCUT2D eigenvalue weighted by Gasteiger charge is 2.31. The smallest absolute Gasteiger partial charge is 0.406 e. The highest BCUT2D eigenvalue weighted by Crippen LogP contribution is 2.25. The molecule has 2 heterocycles. The van der Waals surface area contributed by atoms with Gasteiger partial charge < -0.3 is 9.47 Å². The van der Waals surface area contributed by atoms with Gasteiger partial charge in [-0.25, -0.2) is 14.1 Å². The highest BCUT2D eigenvalue weighted by molar-refractivity contribution is 5.86. The third kappa shape index (κ3) is 5.67. The van der Waals surface area contributed by atoms with Crippen molar-refractivity contribution in [1.29, 1.82) is 0 Å². The summed E-state index contributed by atoms with van der Waals surface area (Å²) < 4.78 is 61.4. The van der Waals surface area contributed by atoms with Crippen LogP contribution in [0.15, 0.2) is 47.3 Å². The van der Waals surface area contributed by atoms with E-state index in [9.17, 15) is 27.2 Å². The minimum Gasteiger partial charge on any atom is -0.406 e. The molecule has 0 spiro atoms. The summed E-state index contributed by atoms with van der Waals surface area (Å²) in [6, 6.07) is 8.52. The maximum absolute atomic E-state index is 13.1. The van der Waals surface area contributed by atoms with Crippen LogP contribution in [0.4, 0.5) is 17.6 Å². The predicted octanol–water partition coefficient (Wildman–Crippen LogP) is 3.47. The quantitative estimate of drug-likeness (QED) is 0.564. The fourth-order valence-corrected chi connectivity index (χ4v) is 3.62. The number of nitrogens with zero attached hydrogens (tertiary/aromatic N) is 2. The molecule has 11 heteroatoms. The number of aromatic nitrogens is 2. The van der Waals surface area contributed by atoms with E-state index in [-0.39, 0.29) is 35.7 Å². The normalized spacial score (nSPS) is 16.2. The Bertz CT molecular complexity index is 1220. The Morgan fingerprint density at radius 1 is 1.21 bits per heavy atom. The monoisotopic (exact) mass is 465 g/mol. The van der Waals surface area contributed by atoms with Gasteiger partial charge in [-0.05, 0) is 42.7 Å². The van der Waals surface area contributed by atoms with Gasteiger partial charge in [-0.2, -0.15) is 0 Å². The van der Waals surface area contributed by atoms with E-state index in [1.165, 1.54) is 24.3 Å². The molecule has 4 rings (SSSR count). The van der Waals surface area contributed by atoms with Gasteiger partial charge in [0.2, 0.25) is 5.91 Å². The van der Waals surface area contributed by atoms with Gasteiger partial charge >= 0.3 is 6.36 Å². The summed E-state index contributed by atoms with van der Waals surface area (Å²) in [6.07, 6.45) is -3.55. The third-order valence-corrected chi connectivity index (χ3v) is 5.09. The topological polar surface area (TPSA) is 82.5 Å². The zero-order valence-corrected chi connectivity index (χ0v) is 17.2. The van der Waals surface area contributed by atoms with Crippen LogP contribution in [0.25, 0.3) is 10.9 Å². The fraction of sp³-hybridized carbons (Fsp3) is 0.318. The molecule has 1 N–H and O–H groups in total. The van der Waals surface area contributed by atoms with Gasteiger partial charge in [0.15, 0.2) is 0 Å². The Morgan fingerprint density at radius 3 is 2.64 bits per heavy atom. The summed E-state index contributed by atoms with van der Waals surface area (Å²) in [5.41, 5.74) is 2.38. The lowest BCUT2D eigenvalue weighted by molar-refractivity contribution is -0.274. The third-order valence-electron chi connectivity index (χ3n) is 5.09. The van der Waals surface area contributed by atoms with E-state index in [0.29, 0.717) is 18.6 Å². The number of fused-ring (bicyclic) bond motifs is 1. The summed E-state index contributed by atoms with van der Waals surface area (Å²) in [4.78, 5) is 30.0. The van der Waals surface area contributed by atoms with Gasteiger partial charge in [0.25, 0.3) is 5.56 Å². The van der Waals surface area contributed by atoms with Gasteiger partial charge in [0.1, 0.15) is 17.4 Å². The minimum absolute atomic E-state index is 0.00113. The molecule has 1 saturated heterocycles. The first kappa shape index (κ1) is 22.7. The number of carbonyl (C=O) groups excluding carboxylic acids is 1. The van der Waals surface area contributed by atoms with Crippen LogP contribution >= 0.6 is 0 Å². The van der Waals surface area contributed by atoms with Crippen molar-refractivity contribution < 1.29 is 31.8 Å². The minimum atomic E-state index is -4.89. The number of alkyl halides is 3. The summed E-state index contributed by atoms with van der Waals surface area (Å²) in [5.74, 6) is -1.36. The molecule has 174 valence electrons. The number of carbonyl (C=O) groups is 1. The summed E-state index contributed by atoms with van der Waals surface area (Å²) in [5, 5.41) is 0.00250. The number of benzene rings is 2. The van der Waals surface area contributed by atoms with Crippen LogP contribution in [0.5, 0.6) is 5.75 Å². The molecule has 3 aromatic rings. The second-order valence-corrected chi connectivity index (χ2v) is 7.57. The Balaban J connectivity index is 1.68. The van der Waals surface area contributed by atoms with Crippen LogP contribution in [0.1, 0.15) is 24.2 Å². The second kappa shape index (κ2) is 9.18. The van der Waals surface area contributed by atoms with Gasteiger partial charge in [0.05, 0.1) is 23.4 Å². The van der Waals surface area contributed by atoms with Gasteiger partial charge in [0, 0.05) is 19.1 Å². The standard InChI is InChI=1S/C22H19F4N3O4/c23-14-5-3-13(4-6-14)10-20(30)28-29-19(12-15-2-1-9-32-15)27-18-11-16(33-22(24,25)26)7-8-17(18)21(29)31/h3-8,11,15H,1-2,9-10,12H2,(H,28,30). The molecule has 0 bridgehead atoms. The van der Waals surface area contributed by atoms with Crippen molar-refractivity contribution in [3.63, 3.8) is 0 Å². The summed E-state index contributed by atoms with van der Waals surface area (Å²) in [6.45, 7) is 0.545. The zero-order valence-electron chi connectivity index (χ0n) is 17.2. The average Bonchev–Trinajstić information content (AvgIpc) is 3.24. The molecule has 1 amide bonds. The molecule has 1 unspecified atom stereocenters. The summed E-state index contributed by atoms with van der Waals surface area (Å²) >= 11 is 0. The molecule has 1 aliphatic heterocycles. The van der Waals surface area contributed by atoms with Crippen LogP contribution in [-0.2, 0) is 22.4 Å². The first-order chi connectivity index (χ1) is 15.7. The van der Waals surface area contributed by atoms with E-state index < -0.39 is 29.4 Å². The molecule has 0 saturated carbocycles. The summed E-state index contributed by atoms with van der Waals surface area (Å²) in [7, 11) is 0. The number of hydrogen-bond acceptors (Lipinski definition) is 5. The number of halogens is 4. The molecule has 0 radical (unpaired) electrons. The maximum atomic E-state index is 13.1. The first-order valence-corrected chi connectivity index (χ1v) is 10.2. The molecular weight excluding hydrogens is 446 g/mol. The first-order valence-electron chi connectivity index (χ1n) is 10.2. The van der Waals surface area contributed by atoms with Crippen LogP contribution in [0.2, 0.25) is 0 Å². The second-order valence-electron chi connectivity index (χ2n) is 7.57. The van der Waals surface area contributed by atoms with Gasteiger partial charge in [-0.15, -0.1) is 13.2 Å². The highest BCUT2D eigenvalue weighted by atomic mass is 19.4. The van der Waals surface area contributed by atoms with Crippen molar-refractivity contribution >= 4 is 16.8 Å². The Kier molecular flexibility index (Phi) is 6.32. The van der Waals surface area contributed by atoms with Crippen LogP contribution in [0.3, 0.4) is 0 Å². The van der Waals surface area contributed by atoms with Crippen LogP contribution < -0.4 is 15.7 Å². The molecule has 1 fully saturated rings. The molecule has 1 aromatic heterocycles. The maximum Gasteiger partial charge on any atom is 0.573 e. The Labute approximate surface area is 184 Å². The lowest BCUT2D eigenvalue weighted by Crippen LogP contribution is -2.38. The van der Waals surface area contributed by atoms with E-state index >= 15 is 0 Å². The predicted molar refractivity (Wildman–Crippen MR) is 110 cm³/mol. The van der Waals surface area contributed by atoms with Crippen molar-refractivity contribution in [3.05, 3.63) is 70.0 Å². The molecule has 2 aromatic carbocycles. The molecule has 33 heavy (non-hydrogen) atoms. The number of hydrogen-bond donors (Lipinski definition) is 1. The molecule has 0 aliphatic carbocycles. The van der Waals surface area contributed by atoms with Crippen molar-refractivity contribution in [2.24, 2.45) is 0 Å². The lowest BCUT2D eigenvalue weighted by atomic mass is 10.1. The van der Waals surface area contributed by atoms with Gasteiger partial charge in [-0.3, -0.25) is 15.0 Å². The SMILES string of the molecule is O=C(Cc1ccc(F)cc1)Nn1c(CC2CCCO2)nc2cc(OC(F)(F)F)ccc2c1=O. The molecule has 1 atom stereocenters. The van der Waals surface area contributed by atoms with Crippen molar-refractivity contribution in [2.75, 3.05) is 12.0 Å². The zero-order chi connectivity index (χ0) is 23.6. The van der Waals surface area contributed by atoms with Crippen molar-refractivity contribution in [1.82, 2.24) is 9.66 Å². The Morgan fingerprint density at radius 2 is 1.97 bits per heavy atom. The van der Waals surface area contributed by atoms with Crippen LogP contribution in [-0.4, -0.2) is 34.6 Å². The molecule has 7 nitrogen and oxygen atoms in total. The molecule has 1 aliphatic rings. The van der Waals surface area contributed by atoms with Crippen molar-refractivity contribution in [2.45, 2.75) is 38.1 Å². The number of rotatable bonds is 6. The van der Waals surface area contributed by atoms with E-state index in [0.717, 1.165) is 29.3 Å². The number of ether oxygens (including phenoxy) is 2. The van der Waals surface area contributed by atoms with E-state index in [4.69, 9.17) is 4.74 Å². The number of amides is 1. The van der Waals surface area contributed by atoms with E-state index in [2.05, 4.69) is 15.1 Å². The van der Waals surface area contributed by atoms with Crippen molar-refractivity contribution in [3.8, 4) is 5.75 Å². The van der Waals surface area contributed by atoms with E-state index in [1.54, 1.807) is 0 Å². The average molecular weight is 465 g/mol. The number of nitrogens with one attached hydrogen (secondary N) is 1. The van der Waals surface area contributed by atoms with E-state index in [1.807, 2.05) is 0 Å². The lowest BCUT2D eigenvalue weighted by Gasteiger charge is -2.17. The van der Waals surface area contributed by atoms with Gasteiger partial charge in [-0.1, -0.05) is 12.1 Å². The fourth-order valence-electron chi connectivity index (χ4n) is 3.62. The van der Waals surface area contributed by atoms with Crippen LogP contribution in [0, 0.1) is 5.82 Å². The molecular formula is C22H19F4N3O4.